The third-order valence-corrected chi connectivity index (χ3v) is 6.75. The second kappa shape index (κ2) is 15.3. The van der Waals surface area contributed by atoms with Crippen LogP contribution >= 0.6 is 0 Å². The van der Waals surface area contributed by atoms with E-state index in [1.165, 1.54) is 0 Å². The van der Waals surface area contributed by atoms with Gasteiger partial charge in [0.15, 0.2) is 0 Å². The summed E-state index contributed by atoms with van der Waals surface area (Å²) in [5, 5.41) is 5.80. The Hall–Kier alpha value is -3.55. The van der Waals surface area contributed by atoms with E-state index in [2.05, 4.69) is 17.6 Å². The molecule has 0 spiro atoms. The lowest BCUT2D eigenvalue weighted by Crippen LogP contribution is -2.55. The zero-order valence-corrected chi connectivity index (χ0v) is 25.4. The lowest BCUT2D eigenvalue weighted by Gasteiger charge is -2.36. The van der Waals surface area contributed by atoms with Crippen molar-refractivity contribution in [2.45, 2.75) is 91.8 Å². The molecule has 220 valence electrons. The van der Waals surface area contributed by atoms with Crippen LogP contribution in [0.1, 0.15) is 84.4 Å². The van der Waals surface area contributed by atoms with Gasteiger partial charge in [0.2, 0.25) is 5.91 Å². The summed E-state index contributed by atoms with van der Waals surface area (Å²) in [6.07, 6.45) is 2.58. The number of nitrogens with one attached hydrogen (secondary N) is 2. The molecule has 0 saturated carbocycles. The summed E-state index contributed by atoms with van der Waals surface area (Å²) in [4.78, 5) is 42.7. The first-order valence-electron chi connectivity index (χ1n) is 14.2. The Bertz CT molecular complexity index is 1090. The number of rotatable bonds is 13. The molecule has 8 heteroatoms. The third-order valence-electron chi connectivity index (χ3n) is 6.75. The van der Waals surface area contributed by atoms with Crippen LogP contribution in [0.3, 0.4) is 0 Å². The van der Waals surface area contributed by atoms with Crippen LogP contribution < -0.4 is 15.4 Å². The first-order valence-corrected chi connectivity index (χ1v) is 14.2. The predicted molar refractivity (Wildman–Crippen MR) is 159 cm³/mol. The van der Waals surface area contributed by atoms with Crippen molar-refractivity contribution in [3.63, 3.8) is 0 Å². The van der Waals surface area contributed by atoms with E-state index in [4.69, 9.17) is 9.47 Å². The molecule has 8 nitrogen and oxygen atoms in total. The van der Waals surface area contributed by atoms with Crippen molar-refractivity contribution < 1.29 is 23.9 Å². The molecule has 0 radical (unpaired) electrons. The van der Waals surface area contributed by atoms with Gasteiger partial charge < -0.3 is 25.0 Å². The molecule has 3 atom stereocenters. The van der Waals surface area contributed by atoms with E-state index in [0.717, 1.165) is 24.8 Å². The molecule has 0 aliphatic heterocycles. The number of amides is 3. The topological polar surface area (TPSA) is 97.0 Å². The molecule has 0 aliphatic carbocycles. The molecule has 3 unspecified atom stereocenters. The smallest absolute Gasteiger partial charge is 0.408 e. The third kappa shape index (κ3) is 9.88. The van der Waals surface area contributed by atoms with Gasteiger partial charge in [-0.05, 0) is 69.9 Å². The average molecular weight is 554 g/mol. The van der Waals surface area contributed by atoms with Gasteiger partial charge in [-0.25, -0.2) is 4.79 Å². The van der Waals surface area contributed by atoms with Crippen molar-refractivity contribution in [2.24, 2.45) is 5.92 Å². The normalized spacial score (nSPS) is 13.5. The number of unbranched alkanes of at least 4 members (excludes halogenated alkanes) is 2. The number of alkyl carbamates (subject to hydrolysis) is 1. The van der Waals surface area contributed by atoms with E-state index in [-0.39, 0.29) is 17.7 Å². The van der Waals surface area contributed by atoms with E-state index in [0.29, 0.717) is 30.0 Å². The van der Waals surface area contributed by atoms with Gasteiger partial charge in [-0.3, -0.25) is 9.59 Å². The largest absolute Gasteiger partial charge is 0.497 e. The summed E-state index contributed by atoms with van der Waals surface area (Å²) in [6, 6.07) is 12.9. The number of hydrogen-bond donors (Lipinski definition) is 2. The molecule has 40 heavy (non-hydrogen) atoms. The summed E-state index contributed by atoms with van der Waals surface area (Å²) in [5.41, 5.74) is 1.62. The minimum absolute atomic E-state index is 0.183. The van der Waals surface area contributed by atoms with Crippen LogP contribution in [0.25, 0.3) is 0 Å². The fraction of sp³-hybridized carbons (Fsp3) is 0.531. The zero-order chi connectivity index (χ0) is 29.9. The number of ether oxygens (including phenoxy) is 2. The van der Waals surface area contributed by atoms with Crippen LogP contribution in [0.15, 0.2) is 48.5 Å². The van der Waals surface area contributed by atoms with Crippen LogP contribution in [0, 0.1) is 12.8 Å². The maximum Gasteiger partial charge on any atom is 0.408 e. The monoisotopic (exact) mass is 553 g/mol. The lowest BCUT2D eigenvalue weighted by atomic mass is 9.95. The maximum atomic E-state index is 14.3. The standard InChI is InChI=1S/C32H47N3O5/c1-9-11-12-21-35(30(37)27(23(4)10-2)34-31(38)40-32(5,6)7)28(24-15-13-22(3)14-16-24)29(36)33-25-17-19-26(39-8)20-18-25/h13-20,23,27-28H,9-12,21H2,1-8H3,(H,33,36)(H,34,38). The Morgan fingerprint density at radius 1 is 0.950 bits per heavy atom. The van der Waals surface area contributed by atoms with Gasteiger partial charge in [0.25, 0.3) is 5.91 Å². The van der Waals surface area contributed by atoms with Gasteiger partial charge in [0.1, 0.15) is 23.4 Å². The minimum atomic E-state index is -0.904. The SMILES string of the molecule is CCCCCN(C(=O)C(NC(=O)OC(C)(C)C)C(C)CC)C(C(=O)Nc1ccc(OC)cc1)c1ccc(C)cc1. The van der Waals surface area contributed by atoms with E-state index < -0.39 is 23.8 Å². The molecular formula is C32H47N3O5. The van der Waals surface area contributed by atoms with Crippen molar-refractivity contribution in [3.05, 3.63) is 59.7 Å². The highest BCUT2D eigenvalue weighted by Crippen LogP contribution is 2.27. The second-order valence-corrected chi connectivity index (χ2v) is 11.3. The molecule has 2 aromatic carbocycles. The number of carbonyl (C=O) groups excluding carboxylic acids is 3. The fourth-order valence-corrected chi connectivity index (χ4v) is 4.30. The maximum absolute atomic E-state index is 14.3. The van der Waals surface area contributed by atoms with Gasteiger partial charge in [0.05, 0.1) is 7.11 Å². The Kier molecular flexibility index (Phi) is 12.5. The fourth-order valence-electron chi connectivity index (χ4n) is 4.30. The molecule has 2 rings (SSSR count). The summed E-state index contributed by atoms with van der Waals surface area (Å²) in [5.74, 6) is -0.156. The molecule has 0 aliphatic rings. The van der Waals surface area contributed by atoms with Crippen molar-refractivity contribution >= 4 is 23.6 Å². The quantitative estimate of drug-likeness (QED) is 0.271. The van der Waals surface area contributed by atoms with Gasteiger partial charge in [0, 0.05) is 12.2 Å². The Labute approximate surface area is 239 Å². The second-order valence-electron chi connectivity index (χ2n) is 11.3. The molecule has 0 fully saturated rings. The van der Waals surface area contributed by atoms with Crippen LogP contribution in [0.2, 0.25) is 0 Å². The molecule has 2 aromatic rings. The molecule has 2 N–H and O–H groups in total. The van der Waals surface area contributed by atoms with Crippen LogP contribution in [0.5, 0.6) is 5.75 Å². The van der Waals surface area contributed by atoms with E-state index in [9.17, 15) is 14.4 Å². The van der Waals surface area contributed by atoms with Crippen molar-refractivity contribution in [1.29, 1.82) is 0 Å². The van der Waals surface area contributed by atoms with Crippen molar-refractivity contribution in [3.8, 4) is 5.75 Å². The Balaban J connectivity index is 2.53. The first-order chi connectivity index (χ1) is 18.9. The highest BCUT2D eigenvalue weighted by Gasteiger charge is 2.38. The van der Waals surface area contributed by atoms with E-state index >= 15 is 0 Å². The highest BCUT2D eigenvalue weighted by molar-refractivity contribution is 5.99. The number of methoxy groups -OCH3 is 1. The van der Waals surface area contributed by atoms with Gasteiger partial charge in [-0.15, -0.1) is 0 Å². The minimum Gasteiger partial charge on any atom is -0.497 e. The number of hydrogen-bond acceptors (Lipinski definition) is 5. The molecule has 3 amide bonds. The summed E-state index contributed by atoms with van der Waals surface area (Å²) < 4.78 is 10.7. The van der Waals surface area contributed by atoms with Gasteiger partial charge in [-0.2, -0.15) is 0 Å². The van der Waals surface area contributed by atoms with Gasteiger partial charge in [-0.1, -0.05) is 69.9 Å². The zero-order valence-electron chi connectivity index (χ0n) is 25.4. The Morgan fingerprint density at radius 3 is 2.10 bits per heavy atom. The summed E-state index contributed by atoms with van der Waals surface area (Å²) in [7, 11) is 1.58. The summed E-state index contributed by atoms with van der Waals surface area (Å²) >= 11 is 0. The molecule has 0 saturated heterocycles. The molecule has 0 heterocycles. The number of benzene rings is 2. The number of anilines is 1. The first kappa shape index (κ1) is 32.7. The number of nitrogens with zero attached hydrogens (tertiary/aromatic N) is 1. The van der Waals surface area contributed by atoms with Crippen LogP contribution in [-0.2, 0) is 14.3 Å². The predicted octanol–water partition coefficient (Wildman–Crippen LogP) is 6.64. The molecular weight excluding hydrogens is 506 g/mol. The molecule has 0 bridgehead atoms. The van der Waals surface area contributed by atoms with Crippen molar-refractivity contribution in [2.75, 3.05) is 19.0 Å². The van der Waals surface area contributed by atoms with Crippen LogP contribution in [0.4, 0.5) is 10.5 Å². The number of aryl methyl sites for hydroxylation is 1. The van der Waals surface area contributed by atoms with Crippen LogP contribution in [-0.4, -0.2) is 48.1 Å². The van der Waals surface area contributed by atoms with Gasteiger partial charge >= 0.3 is 6.09 Å². The molecule has 0 aromatic heterocycles. The van der Waals surface area contributed by atoms with E-state index in [1.807, 2.05) is 45.0 Å². The Morgan fingerprint density at radius 2 is 1.57 bits per heavy atom. The average Bonchev–Trinajstić information content (AvgIpc) is 2.90. The van der Waals surface area contributed by atoms with E-state index in [1.54, 1.807) is 57.0 Å². The highest BCUT2D eigenvalue weighted by atomic mass is 16.6. The van der Waals surface area contributed by atoms with Crippen molar-refractivity contribution in [1.82, 2.24) is 10.2 Å². The lowest BCUT2D eigenvalue weighted by molar-refractivity contribution is -0.142. The summed E-state index contributed by atoms with van der Waals surface area (Å²) in [6.45, 7) is 13.7. The number of carbonyl (C=O) groups is 3.